The van der Waals surface area contributed by atoms with Crippen molar-refractivity contribution in [2.45, 2.75) is 4.34 Å². The molecule has 0 saturated carbocycles. The van der Waals surface area contributed by atoms with Crippen molar-refractivity contribution in [2.24, 2.45) is 0 Å². The summed E-state index contributed by atoms with van der Waals surface area (Å²) in [5.74, 6) is -1.37. The quantitative estimate of drug-likeness (QED) is 0.168. The molecule has 13 heteroatoms. The van der Waals surface area contributed by atoms with Crippen LogP contribution in [-0.2, 0) is 14.6 Å². The van der Waals surface area contributed by atoms with E-state index in [1.807, 2.05) is 0 Å². The van der Waals surface area contributed by atoms with Crippen LogP contribution in [0.3, 0.4) is 0 Å². The van der Waals surface area contributed by atoms with Gasteiger partial charge in [0.15, 0.2) is 0 Å². The second-order valence-corrected chi connectivity index (χ2v) is 10.4. The van der Waals surface area contributed by atoms with Gasteiger partial charge in [-0.05, 0) is 48.0 Å². The molecule has 33 heavy (non-hydrogen) atoms. The molecule has 3 rings (SSSR count). The molecule has 0 saturated heterocycles. The third-order valence-corrected chi connectivity index (χ3v) is 6.91. The number of nitriles is 1. The van der Waals surface area contributed by atoms with Gasteiger partial charge in [-0.2, -0.15) is 5.26 Å². The highest BCUT2D eigenvalue weighted by Gasteiger charge is 2.18. The maximum atomic E-state index is 12.4. The predicted molar refractivity (Wildman–Crippen MR) is 123 cm³/mol. The molecule has 168 valence electrons. The summed E-state index contributed by atoms with van der Waals surface area (Å²) in [4.78, 5) is 24.6. The lowest BCUT2D eigenvalue weighted by molar-refractivity contribution is -0.112. The van der Waals surface area contributed by atoms with E-state index in [9.17, 15) is 23.3 Å². The number of sulfone groups is 1. The number of esters is 1. The molecule has 9 nitrogen and oxygen atoms in total. The molecule has 0 atom stereocenters. The van der Waals surface area contributed by atoms with Gasteiger partial charge < -0.3 is 4.74 Å². The Balaban J connectivity index is 1.74. The van der Waals surface area contributed by atoms with Crippen molar-refractivity contribution < 1.29 is 22.7 Å². The number of aromatic nitrogens is 2. The molecule has 0 aliphatic carbocycles. The highest BCUT2D eigenvalue weighted by molar-refractivity contribution is 7.92. The first kappa shape index (κ1) is 24.3. The van der Waals surface area contributed by atoms with Crippen LogP contribution in [0.5, 0.6) is 5.75 Å². The zero-order valence-electron chi connectivity index (χ0n) is 16.6. The first-order valence-corrected chi connectivity index (χ1v) is 12.3. The van der Waals surface area contributed by atoms with Crippen molar-refractivity contribution in [1.29, 1.82) is 5.26 Å². The fourth-order valence-corrected chi connectivity index (χ4v) is 4.18. The molecule has 0 fully saturated rings. The van der Waals surface area contributed by atoms with Gasteiger partial charge in [0.2, 0.25) is 19.3 Å². The summed E-state index contributed by atoms with van der Waals surface area (Å²) in [5, 5.41) is 19.2. The van der Waals surface area contributed by atoms with Crippen LogP contribution >= 0.6 is 34.5 Å². The molecule has 1 amide bonds. The molecule has 0 bridgehead atoms. The molecule has 0 unspecified atom stereocenters. The molecule has 2 aromatic carbocycles. The van der Waals surface area contributed by atoms with E-state index in [2.05, 4.69) is 15.5 Å². The van der Waals surface area contributed by atoms with E-state index < -0.39 is 21.7 Å². The molecule has 0 radical (unpaired) electrons. The van der Waals surface area contributed by atoms with E-state index in [-0.39, 0.29) is 31.4 Å². The number of anilines is 1. The van der Waals surface area contributed by atoms with Gasteiger partial charge in [0, 0.05) is 11.3 Å². The Morgan fingerprint density at radius 1 is 1.15 bits per heavy atom. The van der Waals surface area contributed by atoms with Crippen molar-refractivity contribution in [3.05, 3.63) is 69.2 Å². The lowest BCUT2D eigenvalue weighted by Gasteiger charge is -2.07. The predicted octanol–water partition coefficient (Wildman–Crippen LogP) is 4.01. The van der Waals surface area contributed by atoms with Crippen molar-refractivity contribution in [2.75, 3.05) is 11.6 Å². The Labute approximate surface area is 202 Å². The molecule has 0 aliphatic rings. The number of nitrogens with one attached hydrogen (secondary N) is 1. The number of halogens is 2. The SMILES string of the molecule is CS(=O)(=O)c1nnc(NC(=O)C(C#N)=Cc2ccc(OC(=O)c3ccc(Cl)cc3)c(Cl)c2)s1. The van der Waals surface area contributed by atoms with Crippen molar-refractivity contribution in [3.8, 4) is 11.8 Å². The number of amides is 1. The summed E-state index contributed by atoms with van der Waals surface area (Å²) in [7, 11) is -3.57. The van der Waals surface area contributed by atoms with Gasteiger partial charge in [-0.25, -0.2) is 13.2 Å². The average molecular weight is 523 g/mol. The largest absolute Gasteiger partial charge is 0.421 e. The third-order valence-electron chi connectivity index (χ3n) is 3.86. The zero-order valence-corrected chi connectivity index (χ0v) is 19.7. The number of rotatable bonds is 6. The summed E-state index contributed by atoms with van der Waals surface area (Å²) >= 11 is 12.6. The normalized spacial score (nSPS) is 11.5. The van der Waals surface area contributed by atoms with Crippen molar-refractivity contribution in [1.82, 2.24) is 10.2 Å². The van der Waals surface area contributed by atoms with Gasteiger partial charge in [-0.15, -0.1) is 10.2 Å². The summed E-state index contributed by atoms with van der Waals surface area (Å²) < 4.78 is 27.9. The van der Waals surface area contributed by atoms with Crippen LogP contribution in [0.1, 0.15) is 15.9 Å². The van der Waals surface area contributed by atoms with Crippen LogP contribution in [0.4, 0.5) is 5.13 Å². The van der Waals surface area contributed by atoms with Gasteiger partial charge in [0.25, 0.3) is 5.91 Å². The van der Waals surface area contributed by atoms with Crippen LogP contribution in [0.25, 0.3) is 6.08 Å². The first-order chi connectivity index (χ1) is 15.6. The lowest BCUT2D eigenvalue weighted by Crippen LogP contribution is -2.13. The first-order valence-electron chi connectivity index (χ1n) is 8.81. The van der Waals surface area contributed by atoms with Gasteiger partial charge in [-0.3, -0.25) is 10.1 Å². The number of nitrogens with zero attached hydrogens (tertiary/aromatic N) is 3. The molecular weight excluding hydrogens is 511 g/mol. The lowest BCUT2D eigenvalue weighted by atomic mass is 10.1. The minimum absolute atomic E-state index is 0.0747. The molecule has 0 spiro atoms. The summed E-state index contributed by atoms with van der Waals surface area (Å²) in [5.41, 5.74) is 0.360. The fraction of sp³-hybridized carbons (Fsp3) is 0.0500. The number of carbonyl (C=O) groups is 2. The topological polar surface area (TPSA) is 139 Å². The fourth-order valence-electron chi connectivity index (χ4n) is 2.32. The average Bonchev–Trinajstić information content (AvgIpc) is 3.23. The molecule has 1 N–H and O–H groups in total. The number of carbonyl (C=O) groups excluding carboxylic acids is 2. The van der Waals surface area contributed by atoms with Crippen LogP contribution in [-0.4, -0.2) is 36.7 Å². The minimum atomic E-state index is -3.57. The number of benzene rings is 2. The van der Waals surface area contributed by atoms with E-state index in [0.29, 0.717) is 21.9 Å². The molecule has 0 aliphatic heterocycles. The minimum Gasteiger partial charge on any atom is -0.421 e. The van der Waals surface area contributed by atoms with Crippen LogP contribution in [0, 0.1) is 11.3 Å². The molecular formula is C20H12Cl2N4O5S2. The Kier molecular flexibility index (Phi) is 7.45. The molecule has 3 aromatic rings. The van der Waals surface area contributed by atoms with Gasteiger partial charge in [0.05, 0.1) is 10.6 Å². The zero-order chi connectivity index (χ0) is 24.2. The van der Waals surface area contributed by atoms with Crippen LogP contribution in [0.15, 0.2) is 52.4 Å². The van der Waals surface area contributed by atoms with Crippen LogP contribution < -0.4 is 10.1 Å². The van der Waals surface area contributed by atoms with E-state index in [4.69, 9.17) is 27.9 Å². The Hall–Kier alpha value is -3.30. The number of hydrogen-bond acceptors (Lipinski definition) is 9. The van der Waals surface area contributed by atoms with Crippen LogP contribution in [0.2, 0.25) is 10.0 Å². The Bertz CT molecular complexity index is 1410. The Morgan fingerprint density at radius 3 is 2.42 bits per heavy atom. The third kappa shape index (κ3) is 6.36. The van der Waals surface area contributed by atoms with Crippen molar-refractivity contribution in [3.63, 3.8) is 0 Å². The number of ether oxygens (including phenoxy) is 1. The van der Waals surface area contributed by atoms with E-state index in [1.165, 1.54) is 36.4 Å². The van der Waals surface area contributed by atoms with Crippen molar-refractivity contribution >= 4 is 67.5 Å². The molecule has 1 aromatic heterocycles. The van der Waals surface area contributed by atoms with Gasteiger partial charge in [0.1, 0.15) is 17.4 Å². The van der Waals surface area contributed by atoms with E-state index >= 15 is 0 Å². The second kappa shape index (κ2) is 10.1. The highest BCUT2D eigenvalue weighted by atomic mass is 35.5. The highest BCUT2D eigenvalue weighted by Crippen LogP contribution is 2.28. The standard InChI is InChI=1S/C20H12Cl2N4O5S2/c1-33(29,30)20-26-25-19(32-20)24-17(27)13(10-23)8-11-2-7-16(15(22)9-11)31-18(28)12-3-5-14(21)6-4-12/h2-9H,1H3,(H,24,25,27). The van der Waals surface area contributed by atoms with Gasteiger partial charge in [-0.1, -0.05) is 40.6 Å². The maximum absolute atomic E-state index is 12.4. The smallest absolute Gasteiger partial charge is 0.343 e. The summed E-state index contributed by atoms with van der Waals surface area (Å²) in [6.45, 7) is 0. The maximum Gasteiger partial charge on any atom is 0.343 e. The van der Waals surface area contributed by atoms with Gasteiger partial charge >= 0.3 is 5.97 Å². The van der Waals surface area contributed by atoms with E-state index in [1.54, 1.807) is 18.2 Å². The molecule has 1 heterocycles. The number of hydrogen-bond donors (Lipinski definition) is 1. The second-order valence-electron chi connectivity index (χ2n) is 6.36. The van der Waals surface area contributed by atoms with E-state index in [0.717, 1.165) is 6.26 Å². The monoisotopic (exact) mass is 522 g/mol. The Morgan fingerprint density at radius 2 is 1.85 bits per heavy atom. The summed E-state index contributed by atoms with van der Waals surface area (Å²) in [6, 6.07) is 12.2. The summed E-state index contributed by atoms with van der Waals surface area (Å²) in [6.07, 6.45) is 2.21.